The molecular formula is C22H17N3O5. The monoisotopic (exact) mass is 403 g/mol. The van der Waals surface area contributed by atoms with Crippen LogP contribution in [0.3, 0.4) is 0 Å². The third kappa shape index (κ3) is 5.14. The van der Waals surface area contributed by atoms with Crippen LogP contribution in [0.4, 0.5) is 5.69 Å². The summed E-state index contributed by atoms with van der Waals surface area (Å²) >= 11 is 0. The number of nitro groups is 1. The largest absolute Gasteiger partial charge is 0.423 e. The highest BCUT2D eigenvalue weighted by Crippen LogP contribution is 2.19. The zero-order valence-corrected chi connectivity index (χ0v) is 15.9. The number of hydrogen-bond acceptors (Lipinski definition) is 6. The van der Waals surface area contributed by atoms with Crippen LogP contribution in [0.25, 0.3) is 0 Å². The van der Waals surface area contributed by atoms with E-state index >= 15 is 0 Å². The summed E-state index contributed by atoms with van der Waals surface area (Å²) in [5, 5.41) is 14.8. The van der Waals surface area contributed by atoms with E-state index in [9.17, 15) is 19.7 Å². The Balaban J connectivity index is 1.59. The van der Waals surface area contributed by atoms with E-state index in [1.165, 1.54) is 24.4 Å². The molecule has 8 heteroatoms. The first-order valence-corrected chi connectivity index (χ1v) is 8.90. The number of carbonyl (C=O) groups excluding carboxylic acids is 2. The Bertz CT molecular complexity index is 1110. The molecule has 3 aromatic rings. The fourth-order valence-electron chi connectivity index (χ4n) is 2.54. The van der Waals surface area contributed by atoms with Crippen molar-refractivity contribution in [2.75, 3.05) is 0 Å². The molecule has 0 bridgehead atoms. The number of ether oxygens (including phenoxy) is 1. The summed E-state index contributed by atoms with van der Waals surface area (Å²) in [7, 11) is 0. The average Bonchev–Trinajstić information content (AvgIpc) is 2.75. The van der Waals surface area contributed by atoms with Crippen LogP contribution in [-0.4, -0.2) is 23.0 Å². The minimum Gasteiger partial charge on any atom is -0.423 e. The number of hydrazone groups is 1. The molecular weight excluding hydrogens is 386 g/mol. The highest BCUT2D eigenvalue weighted by molar-refractivity contribution is 5.95. The maximum Gasteiger partial charge on any atom is 0.343 e. The van der Waals surface area contributed by atoms with E-state index < -0.39 is 16.8 Å². The molecule has 0 atom stereocenters. The number of rotatable bonds is 6. The minimum absolute atomic E-state index is 0.132. The number of esters is 1. The highest BCUT2D eigenvalue weighted by Gasteiger charge is 2.14. The smallest absolute Gasteiger partial charge is 0.343 e. The molecule has 8 nitrogen and oxygen atoms in total. The Morgan fingerprint density at radius 3 is 2.37 bits per heavy atom. The molecule has 150 valence electrons. The zero-order valence-electron chi connectivity index (χ0n) is 15.9. The van der Waals surface area contributed by atoms with E-state index in [4.69, 9.17) is 4.74 Å². The molecule has 3 rings (SSSR count). The Labute approximate surface area is 172 Å². The molecule has 0 aromatic heterocycles. The van der Waals surface area contributed by atoms with Gasteiger partial charge in [-0.1, -0.05) is 24.3 Å². The van der Waals surface area contributed by atoms with Crippen molar-refractivity contribution in [2.45, 2.75) is 6.92 Å². The van der Waals surface area contributed by atoms with Gasteiger partial charge in [-0.25, -0.2) is 10.2 Å². The predicted molar refractivity (Wildman–Crippen MR) is 111 cm³/mol. The van der Waals surface area contributed by atoms with Crippen LogP contribution in [0, 0.1) is 17.0 Å². The van der Waals surface area contributed by atoms with Gasteiger partial charge >= 0.3 is 5.97 Å². The van der Waals surface area contributed by atoms with Crippen molar-refractivity contribution in [3.05, 3.63) is 105 Å². The van der Waals surface area contributed by atoms with E-state index in [-0.39, 0.29) is 11.3 Å². The van der Waals surface area contributed by atoms with Crippen LogP contribution in [0.1, 0.15) is 31.8 Å². The van der Waals surface area contributed by atoms with Crippen LogP contribution in [0.2, 0.25) is 0 Å². The number of nitrogens with one attached hydrogen (secondary N) is 1. The maximum atomic E-state index is 12.1. The average molecular weight is 403 g/mol. The lowest BCUT2D eigenvalue weighted by molar-refractivity contribution is -0.385. The fraction of sp³-hybridized carbons (Fsp3) is 0.0455. The van der Waals surface area contributed by atoms with Crippen molar-refractivity contribution >= 4 is 23.8 Å². The van der Waals surface area contributed by atoms with E-state index in [1.54, 1.807) is 55.5 Å². The second-order valence-corrected chi connectivity index (χ2v) is 6.28. The zero-order chi connectivity index (χ0) is 21.5. The Kier molecular flexibility index (Phi) is 6.29. The Hall–Kier alpha value is -4.33. The molecule has 1 amide bonds. The summed E-state index contributed by atoms with van der Waals surface area (Å²) in [6.45, 7) is 1.60. The molecule has 0 aliphatic rings. The molecule has 0 saturated carbocycles. The lowest BCUT2D eigenvalue weighted by atomic mass is 10.1. The molecule has 0 spiro atoms. The summed E-state index contributed by atoms with van der Waals surface area (Å²) in [5.74, 6) is -0.656. The van der Waals surface area contributed by atoms with Crippen molar-refractivity contribution < 1.29 is 19.2 Å². The predicted octanol–water partition coefficient (Wildman–Crippen LogP) is 3.89. The van der Waals surface area contributed by atoms with Gasteiger partial charge in [0.25, 0.3) is 11.6 Å². The van der Waals surface area contributed by atoms with Gasteiger partial charge in [-0.05, 0) is 55.0 Å². The summed E-state index contributed by atoms with van der Waals surface area (Å²) in [6, 6.07) is 19.4. The molecule has 30 heavy (non-hydrogen) atoms. The van der Waals surface area contributed by atoms with Gasteiger partial charge in [0.15, 0.2) is 0 Å². The number of hydrogen-bond donors (Lipinski definition) is 1. The number of nitrogens with zero attached hydrogens (tertiary/aromatic N) is 2. The first-order valence-electron chi connectivity index (χ1n) is 8.90. The van der Waals surface area contributed by atoms with Crippen LogP contribution >= 0.6 is 0 Å². The minimum atomic E-state index is -0.567. The lowest BCUT2D eigenvalue weighted by Gasteiger charge is -2.04. The third-order valence-electron chi connectivity index (χ3n) is 4.15. The summed E-state index contributed by atoms with van der Waals surface area (Å²) in [5.41, 5.74) is 3.89. The molecule has 0 radical (unpaired) electrons. The van der Waals surface area contributed by atoms with Crippen LogP contribution < -0.4 is 10.2 Å². The van der Waals surface area contributed by atoms with Gasteiger partial charge in [0.1, 0.15) is 5.75 Å². The number of amides is 1. The summed E-state index contributed by atoms with van der Waals surface area (Å²) in [4.78, 5) is 34.6. The summed E-state index contributed by atoms with van der Waals surface area (Å²) < 4.78 is 5.29. The van der Waals surface area contributed by atoms with Gasteiger partial charge in [-0.15, -0.1) is 0 Å². The van der Waals surface area contributed by atoms with Gasteiger partial charge in [0.2, 0.25) is 0 Å². The van der Waals surface area contributed by atoms with Crippen LogP contribution in [-0.2, 0) is 0 Å². The van der Waals surface area contributed by atoms with Crippen LogP contribution in [0.5, 0.6) is 5.75 Å². The molecule has 0 aliphatic heterocycles. The molecule has 0 unspecified atom stereocenters. The SMILES string of the molecule is Cc1ccc(C(=O)N/N=C\c2ccc(OC(=O)c3ccccc3)cc2)cc1[N+](=O)[O-]. The number of carbonyl (C=O) groups is 2. The van der Waals surface area contributed by atoms with Gasteiger partial charge in [-0.2, -0.15) is 5.10 Å². The van der Waals surface area contributed by atoms with Gasteiger partial charge < -0.3 is 4.74 Å². The second kappa shape index (κ2) is 9.24. The normalized spacial score (nSPS) is 10.6. The van der Waals surface area contributed by atoms with Crippen molar-refractivity contribution in [3.63, 3.8) is 0 Å². The van der Waals surface area contributed by atoms with E-state index in [2.05, 4.69) is 10.5 Å². The van der Waals surface area contributed by atoms with Crippen molar-refractivity contribution in [2.24, 2.45) is 5.10 Å². The first-order chi connectivity index (χ1) is 14.4. The lowest BCUT2D eigenvalue weighted by Crippen LogP contribution is -2.17. The van der Waals surface area contributed by atoms with Crippen molar-refractivity contribution in [3.8, 4) is 5.75 Å². The molecule has 0 heterocycles. The topological polar surface area (TPSA) is 111 Å². The van der Waals surface area contributed by atoms with Gasteiger partial charge in [0.05, 0.1) is 16.7 Å². The highest BCUT2D eigenvalue weighted by atomic mass is 16.6. The van der Waals surface area contributed by atoms with Gasteiger partial charge in [-0.3, -0.25) is 14.9 Å². The van der Waals surface area contributed by atoms with E-state index in [0.29, 0.717) is 22.4 Å². The Morgan fingerprint density at radius 2 is 1.70 bits per heavy atom. The number of benzene rings is 3. The van der Waals surface area contributed by atoms with E-state index in [1.807, 2.05) is 6.07 Å². The van der Waals surface area contributed by atoms with Crippen molar-refractivity contribution in [1.29, 1.82) is 0 Å². The molecule has 0 aliphatic carbocycles. The quantitative estimate of drug-likeness (QED) is 0.221. The molecule has 3 aromatic carbocycles. The maximum absolute atomic E-state index is 12.1. The number of aryl methyl sites for hydroxylation is 1. The van der Waals surface area contributed by atoms with Crippen molar-refractivity contribution in [1.82, 2.24) is 5.43 Å². The number of nitro benzene ring substituents is 1. The third-order valence-corrected chi connectivity index (χ3v) is 4.15. The standard InChI is InChI=1S/C22H17N3O5/c1-15-7-10-18(13-20(15)25(28)29)21(26)24-23-14-16-8-11-19(12-9-16)30-22(27)17-5-3-2-4-6-17/h2-14H,1H3,(H,24,26)/b23-14-. The second-order valence-electron chi connectivity index (χ2n) is 6.28. The molecule has 0 saturated heterocycles. The van der Waals surface area contributed by atoms with Gasteiger partial charge in [0, 0.05) is 17.2 Å². The summed E-state index contributed by atoms with van der Waals surface area (Å²) in [6.07, 6.45) is 1.41. The fourth-order valence-corrected chi connectivity index (χ4v) is 2.54. The van der Waals surface area contributed by atoms with Crippen LogP contribution in [0.15, 0.2) is 77.9 Å². The first kappa shape index (κ1) is 20.4. The molecule has 0 fully saturated rings. The Morgan fingerprint density at radius 1 is 1.00 bits per heavy atom. The van der Waals surface area contributed by atoms with E-state index in [0.717, 1.165) is 0 Å². The molecule has 1 N–H and O–H groups in total.